The van der Waals surface area contributed by atoms with Gasteiger partial charge in [-0.25, -0.2) is 0 Å². The van der Waals surface area contributed by atoms with Gasteiger partial charge in [-0.3, -0.25) is 9.59 Å². The van der Waals surface area contributed by atoms with Crippen LogP contribution in [0.2, 0.25) is 0 Å². The Morgan fingerprint density at radius 3 is 0.811 bits per heavy atom. The van der Waals surface area contributed by atoms with E-state index >= 15 is 0 Å². The fraction of sp³-hybridized carbons (Fsp3) is 0.958. The summed E-state index contributed by atoms with van der Waals surface area (Å²) in [5.41, 5.74) is -0.385. The molecule has 0 aliphatic carbocycles. The maximum atomic E-state index is 13.3. The highest BCUT2D eigenvalue weighted by molar-refractivity contribution is 8.02. The molecule has 0 rings (SSSR count). The lowest BCUT2D eigenvalue weighted by atomic mass is 9.65. The molecule has 0 amide bonds. The number of unbranched alkanes of at least 4 members (excludes halogenated alkanes) is 32. The van der Waals surface area contributed by atoms with Crippen LogP contribution in [-0.2, 0) is 9.59 Å². The van der Waals surface area contributed by atoms with Gasteiger partial charge in [-0.1, -0.05) is 245 Å². The van der Waals surface area contributed by atoms with Gasteiger partial charge in [0.1, 0.15) is 10.00 Å². The van der Waals surface area contributed by atoms with E-state index in [1.54, 1.807) is 6.92 Å². The van der Waals surface area contributed by atoms with Crippen molar-refractivity contribution in [2.75, 3.05) is 0 Å². The van der Waals surface area contributed by atoms with Gasteiger partial charge in [0, 0.05) is 0 Å². The summed E-state index contributed by atoms with van der Waals surface area (Å²) in [7, 11) is 0. The molecule has 4 nitrogen and oxygen atoms in total. The van der Waals surface area contributed by atoms with Crippen molar-refractivity contribution in [3.63, 3.8) is 0 Å². The van der Waals surface area contributed by atoms with Crippen molar-refractivity contribution in [2.24, 2.45) is 5.41 Å². The summed E-state index contributed by atoms with van der Waals surface area (Å²) in [6, 6.07) is 0. The molecular formula is C48H94O4S. The van der Waals surface area contributed by atoms with Gasteiger partial charge in [-0.15, -0.1) is 11.8 Å². The minimum absolute atomic E-state index is 0.385. The first-order valence-electron chi connectivity index (χ1n) is 23.8. The molecule has 2 N–H and O–H groups in total. The second kappa shape index (κ2) is 36.9. The van der Waals surface area contributed by atoms with Gasteiger partial charge in [0.25, 0.3) is 0 Å². The van der Waals surface area contributed by atoms with Crippen LogP contribution >= 0.6 is 11.8 Å². The van der Waals surface area contributed by atoms with Crippen molar-refractivity contribution in [1.82, 2.24) is 0 Å². The Labute approximate surface area is 336 Å². The number of carboxylic acids is 2. The van der Waals surface area contributed by atoms with E-state index in [1.807, 2.05) is 6.92 Å². The minimum atomic E-state index is -1.11. The van der Waals surface area contributed by atoms with Crippen LogP contribution in [-0.4, -0.2) is 32.1 Å². The van der Waals surface area contributed by atoms with E-state index in [1.165, 1.54) is 198 Å². The van der Waals surface area contributed by atoms with Gasteiger partial charge in [0.15, 0.2) is 0 Å². The SMILES string of the molecule is CCCCCCCCCCCCCCCCCC(CCCCCCCCCCCC)(CCCCCCCCCCCC)C(C)(SC(C)C(=O)O)C(=O)O. The lowest BCUT2D eigenvalue weighted by Crippen LogP contribution is -2.51. The van der Waals surface area contributed by atoms with Crippen LogP contribution in [0.3, 0.4) is 0 Å². The standard InChI is InChI=1S/C48H94O4S/c1-6-9-12-15-18-21-24-25-26-27-28-31-34-37-40-43-48(47(5,46(51)52)53-44(4)45(49)50,41-38-35-32-29-22-19-16-13-10-7-2)42-39-36-33-30-23-20-17-14-11-8-3/h44H,6-43H2,1-5H3,(H,49,50)(H,51,52). The predicted molar refractivity (Wildman–Crippen MR) is 236 cm³/mol. The predicted octanol–water partition coefficient (Wildman–Crippen LogP) is 16.9. The van der Waals surface area contributed by atoms with Crippen molar-refractivity contribution in [1.29, 1.82) is 0 Å². The highest BCUT2D eigenvalue weighted by Gasteiger charge is 2.53. The summed E-state index contributed by atoms with van der Waals surface area (Å²) >= 11 is 1.22. The van der Waals surface area contributed by atoms with Crippen LogP contribution in [0.1, 0.15) is 279 Å². The molecule has 0 aromatic rings. The highest BCUT2D eigenvalue weighted by atomic mass is 32.2. The third-order valence-corrected chi connectivity index (χ3v) is 14.1. The Morgan fingerprint density at radius 1 is 0.415 bits per heavy atom. The molecule has 316 valence electrons. The van der Waals surface area contributed by atoms with E-state index in [9.17, 15) is 19.8 Å². The Bertz CT molecular complexity index is 791. The summed E-state index contributed by atoms with van der Waals surface area (Å²) < 4.78 is -1.11. The first-order chi connectivity index (χ1) is 25.7. The molecule has 0 aliphatic rings. The van der Waals surface area contributed by atoms with Gasteiger partial charge in [-0.05, 0) is 38.5 Å². The summed E-state index contributed by atoms with van der Waals surface area (Å²) in [6.07, 6.45) is 48.0. The van der Waals surface area contributed by atoms with Gasteiger partial charge in [-0.2, -0.15) is 0 Å². The first kappa shape index (κ1) is 52.3. The Morgan fingerprint density at radius 2 is 0.623 bits per heavy atom. The molecule has 0 saturated heterocycles. The van der Waals surface area contributed by atoms with E-state index in [2.05, 4.69) is 20.8 Å². The van der Waals surface area contributed by atoms with E-state index in [0.717, 1.165) is 57.8 Å². The van der Waals surface area contributed by atoms with Crippen molar-refractivity contribution in [3.05, 3.63) is 0 Å². The average molecular weight is 767 g/mol. The number of carbonyl (C=O) groups is 2. The summed E-state index contributed by atoms with van der Waals surface area (Å²) in [5.74, 6) is -1.71. The summed E-state index contributed by atoms with van der Waals surface area (Å²) in [4.78, 5) is 25.4. The van der Waals surface area contributed by atoms with Crippen LogP contribution in [0.15, 0.2) is 0 Å². The molecule has 0 heterocycles. The Hall–Kier alpha value is -0.710. The summed E-state index contributed by atoms with van der Waals surface area (Å²) in [6.45, 7) is 10.4. The first-order valence-corrected chi connectivity index (χ1v) is 24.7. The van der Waals surface area contributed by atoms with Crippen LogP contribution in [0, 0.1) is 5.41 Å². The number of hydrogen-bond acceptors (Lipinski definition) is 3. The zero-order valence-electron chi connectivity index (χ0n) is 36.6. The third kappa shape index (κ3) is 27.5. The van der Waals surface area contributed by atoms with E-state index in [0.29, 0.717) is 0 Å². The van der Waals surface area contributed by atoms with Crippen LogP contribution in [0.4, 0.5) is 0 Å². The Kier molecular flexibility index (Phi) is 36.4. The minimum Gasteiger partial charge on any atom is -0.480 e. The lowest BCUT2D eigenvalue weighted by molar-refractivity contribution is -0.144. The summed E-state index contributed by atoms with van der Waals surface area (Å²) in [5, 5.41) is 20.1. The quantitative estimate of drug-likeness (QED) is 0.0605. The molecule has 0 aromatic heterocycles. The van der Waals surface area contributed by atoms with Crippen LogP contribution in [0.25, 0.3) is 0 Å². The zero-order valence-corrected chi connectivity index (χ0v) is 37.4. The molecule has 0 bridgehead atoms. The van der Waals surface area contributed by atoms with E-state index < -0.39 is 21.9 Å². The van der Waals surface area contributed by atoms with Gasteiger partial charge in [0.05, 0.1) is 0 Å². The number of aliphatic carboxylic acids is 2. The molecule has 2 atom stereocenters. The molecule has 53 heavy (non-hydrogen) atoms. The molecule has 0 aromatic carbocycles. The molecule has 0 aliphatic heterocycles. The third-order valence-electron chi connectivity index (χ3n) is 12.5. The van der Waals surface area contributed by atoms with Crippen LogP contribution in [0.5, 0.6) is 0 Å². The smallest absolute Gasteiger partial charge is 0.320 e. The molecule has 0 fully saturated rings. The van der Waals surface area contributed by atoms with E-state index in [-0.39, 0.29) is 5.41 Å². The van der Waals surface area contributed by atoms with Crippen molar-refractivity contribution >= 4 is 23.7 Å². The number of thioether (sulfide) groups is 1. The Balaban J connectivity index is 5.33. The average Bonchev–Trinajstić information content (AvgIpc) is 3.14. The number of carboxylic acid groups (broad SMARTS) is 2. The second-order valence-corrected chi connectivity index (χ2v) is 19.0. The molecule has 0 radical (unpaired) electrons. The molecule has 5 heteroatoms. The molecular weight excluding hydrogens is 673 g/mol. The second-order valence-electron chi connectivity index (χ2n) is 17.3. The molecule has 0 spiro atoms. The van der Waals surface area contributed by atoms with Gasteiger partial charge < -0.3 is 10.2 Å². The normalized spacial score (nSPS) is 13.7. The van der Waals surface area contributed by atoms with Crippen LogP contribution < -0.4 is 0 Å². The largest absolute Gasteiger partial charge is 0.480 e. The van der Waals surface area contributed by atoms with Crippen molar-refractivity contribution < 1.29 is 19.8 Å². The monoisotopic (exact) mass is 767 g/mol. The fourth-order valence-electron chi connectivity index (χ4n) is 8.63. The highest BCUT2D eigenvalue weighted by Crippen LogP contribution is 2.54. The lowest BCUT2D eigenvalue weighted by Gasteiger charge is -2.47. The zero-order chi connectivity index (χ0) is 39.3. The number of rotatable bonds is 43. The molecule has 2 unspecified atom stereocenters. The molecule has 0 saturated carbocycles. The number of hydrogen-bond donors (Lipinski definition) is 2. The van der Waals surface area contributed by atoms with Gasteiger partial charge in [0.2, 0.25) is 0 Å². The maximum Gasteiger partial charge on any atom is 0.320 e. The maximum absolute atomic E-state index is 13.3. The van der Waals surface area contributed by atoms with E-state index in [4.69, 9.17) is 0 Å². The fourth-order valence-corrected chi connectivity index (χ4v) is 10.1. The van der Waals surface area contributed by atoms with Gasteiger partial charge >= 0.3 is 11.9 Å². The van der Waals surface area contributed by atoms with Crippen molar-refractivity contribution in [3.8, 4) is 0 Å². The topological polar surface area (TPSA) is 74.6 Å². The van der Waals surface area contributed by atoms with Crippen molar-refractivity contribution in [2.45, 2.75) is 289 Å².